The van der Waals surface area contributed by atoms with Crippen molar-refractivity contribution in [1.82, 2.24) is 9.78 Å². The molecular formula is C14H14N2O2S. The Bertz CT molecular complexity index is 678. The molecule has 0 amide bonds. The minimum atomic E-state index is -0.239. The number of nitrogens with zero attached hydrogens (tertiary/aromatic N) is 2. The first kappa shape index (κ1) is 13.5. The highest BCUT2D eigenvalue weighted by Gasteiger charge is 2.20. The van der Waals surface area contributed by atoms with E-state index < -0.39 is 0 Å². The van der Waals surface area contributed by atoms with Gasteiger partial charge in [0, 0.05) is 12.6 Å². The fourth-order valence-electron chi connectivity index (χ4n) is 1.92. The van der Waals surface area contributed by atoms with E-state index in [1.54, 1.807) is 13.3 Å². The number of aryl methyl sites for hydroxylation is 1. The Kier molecular flexibility index (Phi) is 3.85. The van der Waals surface area contributed by atoms with Crippen molar-refractivity contribution in [3.63, 3.8) is 0 Å². The summed E-state index contributed by atoms with van der Waals surface area (Å²) in [6.07, 6.45) is 1.79. The van der Waals surface area contributed by atoms with Gasteiger partial charge >= 0.3 is 0 Å². The van der Waals surface area contributed by atoms with Crippen LogP contribution in [0.4, 0.5) is 0 Å². The number of hydrogen-bond donors (Lipinski definition) is 0. The molecule has 0 aliphatic rings. The topological polar surface area (TPSA) is 52.0 Å². The van der Waals surface area contributed by atoms with E-state index in [0.717, 1.165) is 5.56 Å². The van der Waals surface area contributed by atoms with E-state index in [9.17, 15) is 9.59 Å². The molecule has 0 unspecified atom stereocenters. The number of thioether (sulfide) groups is 1. The van der Waals surface area contributed by atoms with Crippen LogP contribution in [0.3, 0.4) is 0 Å². The molecule has 19 heavy (non-hydrogen) atoms. The molecule has 0 radical (unpaired) electrons. The van der Waals surface area contributed by atoms with Crippen LogP contribution in [0.2, 0.25) is 0 Å². The molecule has 1 aromatic carbocycles. The Hall–Kier alpha value is -1.88. The zero-order valence-corrected chi connectivity index (χ0v) is 11.8. The second-order valence-corrected chi connectivity index (χ2v) is 4.92. The number of carbonyl (C=O) groups excluding carboxylic acids is 1. The summed E-state index contributed by atoms with van der Waals surface area (Å²) in [5, 5.41) is 4.24. The fraction of sp³-hybridized carbons (Fsp3) is 0.214. The highest BCUT2D eigenvalue weighted by atomic mass is 32.2. The summed E-state index contributed by atoms with van der Waals surface area (Å²) in [6, 6.07) is 9.41. The lowest BCUT2D eigenvalue weighted by molar-refractivity contribution is 0.101. The van der Waals surface area contributed by atoms with Gasteiger partial charge in [-0.15, -0.1) is 11.8 Å². The number of rotatable bonds is 3. The van der Waals surface area contributed by atoms with Crippen LogP contribution >= 0.6 is 11.8 Å². The van der Waals surface area contributed by atoms with Crippen LogP contribution in [0.25, 0.3) is 11.3 Å². The van der Waals surface area contributed by atoms with E-state index in [4.69, 9.17) is 0 Å². The Labute approximate surface area is 115 Å². The predicted octanol–water partition coefficient (Wildman–Crippen LogP) is 2.37. The van der Waals surface area contributed by atoms with Crippen LogP contribution in [-0.4, -0.2) is 21.8 Å². The van der Waals surface area contributed by atoms with E-state index >= 15 is 0 Å². The molecule has 0 N–H and O–H groups in total. The first-order chi connectivity index (χ1) is 9.06. The monoisotopic (exact) mass is 274 g/mol. The van der Waals surface area contributed by atoms with Gasteiger partial charge in [-0.1, -0.05) is 30.3 Å². The molecular weight excluding hydrogens is 260 g/mol. The molecule has 1 heterocycles. The van der Waals surface area contributed by atoms with E-state index in [-0.39, 0.29) is 11.3 Å². The SMILES string of the molecule is CSc1c(C(C)=O)c(-c2ccccc2)nn(C)c1=O. The van der Waals surface area contributed by atoms with Crippen molar-refractivity contribution in [3.05, 3.63) is 46.2 Å². The summed E-state index contributed by atoms with van der Waals surface area (Å²) in [6.45, 7) is 1.46. The van der Waals surface area contributed by atoms with Gasteiger partial charge in [0.1, 0.15) is 5.69 Å². The van der Waals surface area contributed by atoms with Crippen LogP contribution in [0.1, 0.15) is 17.3 Å². The average Bonchev–Trinajstić information content (AvgIpc) is 2.41. The Morgan fingerprint density at radius 3 is 2.42 bits per heavy atom. The average molecular weight is 274 g/mol. The van der Waals surface area contributed by atoms with Crippen molar-refractivity contribution in [2.75, 3.05) is 6.26 Å². The molecule has 1 aromatic heterocycles. The molecule has 98 valence electrons. The van der Waals surface area contributed by atoms with Crippen molar-refractivity contribution in [1.29, 1.82) is 0 Å². The van der Waals surface area contributed by atoms with Crippen LogP contribution < -0.4 is 5.56 Å². The molecule has 0 aliphatic heterocycles. The van der Waals surface area contributed by atoms with Gasteiger partial charge in [0.25, 0.3) is 5.56 Å². The Balaban J connectivity index is 2.85. The molecule has 5 heteroatoms. The summed E-state index contributed by atoms with van der Waals surface area (Å²) in [4.78, 5) is 24.4. The lowest BCUT2D eigenvalue weighted by atomic mass is 10.0. The van der Waals surface area contributed by atoms with Gasteiger partial charge in [-0.05, 0) is 13.2 Å². The van der Waals surface area contributed by atoms with Crippen LogP contribution in [0.5, 0.6) is 0 Å². The normalized spacial score (nSPS) is 10.5. The van der Waals surface area contributed by atoms with E-state index in [1.165, 1.54) is 23.4 Å². The van der Waals surface area contributed by atoms with Crippen molar-refractivity contribution in [2.45, 2.75) is 11.8 Å². The number of carbonyl (C=O) groups is 1. The number of benzene rings is 1. The third-order valence-corrected chi connectivity index (χ3v) is 3.59. The van der Waals surface area contributed by atoms with Crippen molar-refractivity contribution in [3.8, 4) is 11.3 Å². The molecule has 0 spiro atoms. The maximum Gasteiger partial charge on any atom is 0.280 e. The highest BCUT2D eigenvalue weighted by Crippen LogP contribution is 2.26. The molecule has 0 atom stereocenters. The van der Waals surface area contributed by atoms with E-state index in [0.29, 0.717) is 16.2 Å². The van der Waals surface area contributed by atoms with Gasteiger partial charge in [-0.2, -0.15) is 5.10 Å². The first-order valence-electron chi connectivity index (χ1n) is 5.78. The van der Waals surface area contributed by atoms with Gasteiger partial charge in [-0.3, -0.25) is 9.59 Å². The highest BCUT2D eigenvalue weighted by molar-refractivity contribution is 7.98. The summed E-state index contributed by atoms with van der Waals surface area (Å²) in [7, 11) is 1.60. The summed E-state index contributed by atoms with van der Waals surface area (Å²) < 4.78 is 1.28. The van der Waals surface area contributed by atoms with Gasteiger partial charge in [0.15, 0.2) is 5.78 Å². The predicted molar refractivity (Wildman–Crippen MR) is 76.7 cm³/mol. The van der Waals surface area contributed by atoms with Crippen LogP contribution in [0, 0.1) is 0 Å². The molecule has 0 saturated carbocycles. The smallest absolute Gasteiger partial charge is 0.280 e. The van der Waals surface area contributed by atoms with E-state index in [2.05, 4.69) is 5.10 Å². The minimum Gasteiger partial charge on any atom is -0.294 e. The second-order valence-electron chi connectivity index (χ2n) is 4.11. The van der Waals surface area contributed by atoms with Crippen molar-refractivity contribution < 1.29 is 4.79 Å². The van der Waals surface area contributed by atoms with Gasteiger partial charge < -0.3 is 0 Å². The number of Topliss-reactive ketones (excluding diaryl/α,β-unsaturated/α-hetero) is 1. The second kappa shape index (κ2) is 5.40. The zero-order chi connectivity index (χ0) is 14.0. The number of hydrogen-bond acceptors (Lipinski definition) is 4. The summed E-state index contributed by atoms with van der Waals surface area (Å²) in [5.41, 5.74) is 1.55. The third-order valence-electron chi connectivity index (χ3n) is 2.81. The van der Waals surface area contributed by atoms with E-state index in [1.807, 2.05) is 30.3 Å². The molecule has 0 aliphatic carbocycles. The van der Waals surface area contributed by atoms with Crippen molar-refractivity contribution >= 4 is 17.5 Å². The summed E-state index contributed by atoms with van der Waals surface area (Å²) >= 11 is 1.28. The molecule has 0 fully saturated rings. The van der Waals surface area contributed by atoms with Gasteiger partial charge in [-0.25, -0.2) is 4.68 Å². The molecule has 0 bridgehead atoms. The molecule has 0 saturated heterocycles. The third kappa shape index (κ3) is 2.46. The molecule has 2 aromatic rings. The standard InChI is InChI=1S/C14H14N2O2S/c1-9(17)11-12(10-7-5-4-6-8-10)15-16(2)14(18)13(11)19-3/h4-8H,1-3H3. The molecule has 2 rings (SSSR count). The fourth-order valence-corrected chi connectivity index (χ4v) is 2.67. The van der Waals surface area contributed by atoms with Gasteiger partial charge in [0.05, 0.1) is 10.5 Å². The largest absolute Gasteiger partial charge is 0.294 e. The lowest BCUT2D eigenvalue weighted by Crippen LogP contribution is -2.25. The van der Waals surface area contributed by atoms with Gasteiger partial charge in [0.2, 0.25) is 0 Å². The quantitative estimate of drug-likeness (QED) is 0.637. The lowest BCUT2D eigenvalue weighted by Gasteiger charge is -2.11. The number of ketones is 1. The van der Waals surface area contributed by atoms with Crippen molar-refractivity contribution in [2.24, 2.45) is 7.05 Å². The minimum absolute atomic E-state index is 0.145. The van der Waals surface area contributed by atoms with Crippen LogP contribution in [-0.2, 0) is 7.05 Å². The Morgan fingerprint density at radius 2 is 1.89 bits per heavy atom. The maximum absolute atomic E-state index is 12.0. The first-order valence-corrected chi connectivity index (χ1v) is 7.00. The van der Waals surface area contributed by atoms with Crippen LogP contribution in [0.15, 0.2) is 40.0 Å². The Morgan fingerprint density at radius 1 is 1.26 bits per heavy atom. The maximum atomic E-state index is 12.0. The summed E-state index contributed by atoms with van der Waals surface area (Å²) in [5.74, 6) is -0.145. The zero-order valence-electron chi connectivity index (χ0n) is 11.0. The molecule has 4 nitrogen and oxygen atoms in total. The number of aromatic nitrogens is 2.